The highest BCUT2D eigenvalue weighted by Gasteiger charge is 2.65. The summed E-state index contributed by atoms with van der Waals surface area (Å²) < 4.78 is 65.0. The third kappa shape index (κ3) is 3.83. The summed E-state index contributed by atoms with van der Waals surface area (Å²) in [6.07, 6.45) is -5.31. The minimum Gasteiger partial charge on any atom is -0.319 e. The van der Waals surface area contributed by atoms with Gasteiger partial charge in [0, 0.05) is 12.6 Å². The molecular weight excluding hydrogens is 295 g/mol. The van der Waals surface area contributed by atoms with E-state index in [0.717, 1.165) is 5.56 Å². The molecule has 118 valence electrons. The lowest BCUT2D eigenvalue weighted by molar-refractivity contribution is -0.249. The van der Waals surface area contributed by atoms with Gasteiger partial charge in [0.05, 0.1) is 0 Å². The maximum atomic E-state index is 13.3. The summed E-state index contributed by atoms with van der Waals surface area (Å²) in [5.74, 6) is -4.18. The molecule has 1 aromatic rings. The monoisotopic (exact) mass is 310 g/mol. The maximum absolute atomic E-state index is 13.3. The Bertz CT molecular complexity index is 491. The Morgan fingerprint density at radius 3 is 1.86 bits per heavy atom. The van der Waals surface area contributed by atoms with Crippen molar-refractivity contribution in [1.29, 1.82) is 0 Å². The lowest BCUT2D eigenvalue weighted by atomic mass is 9.94. The molecule has 1 aromatic carbocycles. The summed E-state index contributed by atoms with van der Waals surface area (Å²) in [7, 11) is 0. The van der Waals surface area contributed by atoms with Crippen LogP contribution in [0.1, 0.15) is 19.4 Å². The first-order chi connectivity index (χ1) is 9.37. The fraction of sp³-hybridized carbons (Fsp3) is 0.462. The topological polar surface area (TPSA) is 41.1 Å². The third-order valence-corrected chi connectivity index (χ3v) is 3.12. The molecule has 0 fully saturated rings. The Morgan fingerprint density at radius 1 is 1.00 bits per heavy atom. The molecule has 2 N–H and O–H groups in total. The highest BCUT2D eigenvalue weighted by Crippen LogP contribution is 2.41. The van der Waals surface area contributed by atoms with Crippen LogP contribution in [-0.4, -0.2) is 23.7 Å². The number of carbonyl (C=O) groups excluding carboxylic acids is 1. The maximum Gasteiger partial charge on any atom is 0.417 e. The zero-order valence-corrected chi connectivity index (χ0v) is 11.6. The van der Waals surface area contributed by atoms with Gasteiger partial charge in [-0.2, -0.15) is 13.2 Å². The van der Waals surface area contributed by atoms with E-state index in [-0.39, 0.29) is 19.5 Å². The summed E-state index contributed by atoms with van der Waals surface area (Å²) in [6.45, 7) is 2.12. The Morgan fingerprint density at radius 2 is 1.48 bits per heavy atom. The molecule has 0 saturated carbocycles. The number of urea groups is 1. The van der Waals surface area contributed by atoms with Gasteiger partial charge < -0.3 is 10.6 Å². The van der Waals surface area contributed by atoms with Gasteiger partial charge in [-0.25, -0.2) is 13.6 Å². The first-order valence-corrected chi connectivity index (χ1v) is 5.97. The Kier molecular flexibility index (Phi) is 4.50. The number of amides is 2. The smallest absolute Gasteiger partial charge is 0.319 e. The molecular formula is C13H15F5N2O. The fourth-order valence-corrected chi connectivity index (χ4v) is 1.46. The number of benzene rings is 1. The molecule has 0 aromatic heterocycles. The summed E-state index contributed by atoms with van der Waals surface area (Å²) in [4.78, 5) is 11.6. The van der Waals surface area contributed by atoms with Crippen molar-refractivity contribution in [3.63, 3.8) is 0 Å². The Hall–Kier alpha value is -1.86. The number of carbonyl (C=O) groups is 1. The van der Waals surface area contributed by atoms with Gasteiger partial charge >= 0.3 is 12.2 Å². The first kappa shape index (κ1) is 17.2. The van der Waals surface area contributed by atoms with Crippen molar-refractivity contribution < 1.29 is 26.7 Å². The van der Waals surface area contributed by atoms with Gasteiger partial charge in [-0.05, 0) is 26.0 Å². The van der Waals surface area contributed by atoms with E-state index < -0.39 is 23.7 Å². The van der Waals surface area contributed by atoms with Crippen LogP contribution in [0.5, 0.6) is 0 Å². The molecule has 0 aliphatic carbocycles. The average molecular weight is 310 g/mol. The van der Waals surface area contributed by atoms with Crippen LogP contribution in [0, 0.1) is 6.92 Å². The summed E-state index contributed by atoms with van der Waals surface area (Å²) in [5, 5.41) is 3.40. The Labute approximate surface area is 118 Å². The van der Waals surface area contributed by atoms with Crippen LogP contribution >= 0.6 is 0 Å². The van der Waals surface area contributed by atoms with Crippen molar-refractivity contribution in [3.05, 3.63) is 29.8 Å². The second-order valence-corrected chi connectivity index (χ2v) is 4.96. The predicted octanol–water partition coefficient (Wildman–Crippen LogP) is 4.09. The average Bonchev–Trinajstić information content (AvgIpc) is 2.29. The van der Waals surface area contributed by atoms with Crippen LogP contribution < -0.4 is 10.6 Å². The van der Waals surface area contributed by atoms with Crippen molar-refractivity contribution in [3.8, 4) is 0 Å². The molecule has 3 nitrogen and oxygen atoms in total. The standard InChI is InChI=1S/C13H15F5N2O/c1-8-4-6-9(7-5-8)19-10(21)20-11(2,12(3,14)15)13(16,17)18/h4-7H,1-3H3,(H2,19,20,21). The van der Waals surface area contributed by atoms with E-state index in [1.54, 1.807) is 19.1 Å². The van der Waals surface area contributed by atoms with Crippen molar-refractivity contribution in [2.75, 3.05) is 5.32 Å². The number of rotatable bonds is 3. The van der Waals surface area contributed by atoms with Gasteiger partial charge in [0.25, 0.3) is 5.92 Å². The summed E-state index contributed by atoms with van der Waals surface area (Å²) in [6, 6.07) is 4.77. The lowest BCUT2D eigenvalue weighted by Gasteiger charge is -2.37. The van der Waals surface area contributed by atoms with Crippen LogP contribution in [0.4, 0.5) is 32.4 Å². The van der Waals surface area contributed by atoms with Gasteiger partial charge in [0.15, 0.2) is 5.54 Å². The van der Waals surface area contributed by atoms with E-state index in [4.69, 9.17) is 0 Å². The van der Waals surface area contributed by atoms with E-state index in [1.807, 2.05) is 0 Å². The minimum absolute atomic E-state index is 0.104. The number of hydrogen-bond donors (Lipinski definition) is 2. The van der Waals surface area contributed by atoms with Crippen molar-refractivity contribution in [2.45, 2.75) is 38.4 Å². The Balaban J connectivity index is 2.90. The van der Waals surface area contributed by atoms with Gasteiger partial charge in [-0.1, -0.05) is 17.7 Å². The van der Waals surface area contributed by atoms with Gasteiger partial charge in [0.2, 0.25) is 0 Å². The van der Waals surface area contributed by atoms with Crippen LogP contribution in [0.15, 0.2) is 24.3 Å². The number of anilines is 1. The van der Waals surface area contributed by atoms with Crippen molar-refractivity contribution >= 4 is 11.7 Å². The predicted molar refractivity (Wildman–Crippen MR) is 68.4 cm³/mol. The van der Waals surface area contributed by atoms with Gasteiger partial charge in [-0.15, -0.1) is 0 Å². The van der Waals surface area contributed by atoms with Crippen LogP contribution in [0.3, 0.4) is 0 Å². The molecule has 8 heteroatoms. The van der Waals surface area contributed by atoms with Crippen LogP contribution in [-0.2, 0) is 0 Å². The van der Waals surface area contributed by atoms with Crippen molar-refractivity contribution in [1.82, 2.24) is 5.32 Å². The number of hydrogen-bond acceptors (Lipinski definition) is 1. The molecule has 1 rings (SSSR count). The van der Waals surface area contributed by atoms with Crippen LogP contribution in [0.2, 0.25) is 0 Å². The van der Waals surface area contributed by atoms with Gasteiger partial charge in [0.1, 0.15) is 0 Å². The molecule has 0 aliphatic heterocycles. The highest BCUT2D eigenvalue weighted by atomic mass is 19.4. The van der Waals surface area contributed by atoms with E-state index in [0.29, 0.717) is 0 Å². The normalized spacial score (nSPS) is 15.2. The largest absolute Gasteiger partial charge is 0.417 e. The second-order valence-electron chi connectivity index (χ2n) is 4.96. The molecule has 0 heterocycles. The number of halogens is 5. The molecule has 0 saturated heterocycles. The van der Waals surface area contributed by atoms with Crippen molar-refractivity contribution in [2.24, 2.45) is 0 Å². The van der Waals surface area contributed by atoms with E-state index >= 15 is 0 Å². The first-order valence-electron chi connectivity index (χ1n) is 5.97. The molecule has 0 radical (unpaired) electrons. The SMILES string of the molecule is Cc1ccc(NC(=O)NC(C)(C(C)(F)F)C(F)(F)F)cc1. The number of nitrogens with one attached hydrogen (secondary N) is 2. The zero-order chi connectivity index (χ0) is 16.5. The van der Waals surface area contributed by atoms with E-state index in [1.165, 1.54) is 17.4 Å². The number of aryl methyl sites for hydroxylation is 1. The molecule has 21 heavy (non-hydrogen) atoms. The molecule has 0 spiro atoms. The third-order valence-electron chi connectivity index (χ3n) is 3.12. The van der Waals surface area contributed by atoms with Gasteiger partial charge in [-0.3, -0.25) is 0 Å². The molecule has 0 bridgehead atoms. The van der Waals surface area contributed by atoms with E-state index in [9.17, 15) is 26.7 Å². The quantitative estimate of drug-likeness (QED) is 0.811. The fourth-order valence-electron chi connectivity index (χ4n) is 1.46. The highest BCUT2D eigenvalue weighted by molar-refractivity contribution is 5.89. The number of alkyl halides is 5. The van der Waals surface area contributed by atoms with E-state index in [2.05, 4.69) is 5.32 Å². The lowest BCUT2D eigenvalue weighted by Crippen LogP contribution is -2.66. The zero-order valence-electron chi connectivity index (χ0n) is 11.6. The summed E-state index contributed by atoms with van der Waals surface area (Å²) >= 11 is 0. The molecule has 1 atom stereocenters. The molecule has 1 unspecified atom stereocenters. The summed E-state index contributed by atoms with van der Waals surface area (Å²) in [5.41, 5.74) is -2.60. The van der Waals surface area contributed by atoms with Crippen LogP contribution in [0.25, 0.3) is 0 Å². The second kappa shape index (κ2) is 5.50. The molecule has 2 amide bonds. The minimum atomic E-state index is -5.31. The molecule has 0 aliphatic rings.